The van der Waals surface area contributed by atoms with Crippen LogP contribution in [0.2, 0.25) is 0 Å². The molecule has 0 unspecified atom stereocenters. The lowest BCUT2D eigenvalue weighted by Crippen LogP contribution is -2.37. The number of fused-ring (bicyclic) bond motifs is 2. The van der Waals surface area contributed by atoms with Crippen molar-refractivity contribution in [2.24, 2.45) is 5.73 Å². The number of aromatic nitrogens is 5. The number of aryl methyl sites for hydroxylation is 2. The predicted molar refractivity (Wildman–Crippen MR) is 188 cm³/mol. The van der Waals surface area contributed by atoms with Crippen LogP contribution in [-0.4, -0.2) is 93.3 Å². The van der Waals surface area contributed by atoms with Crippen molar-refractivity contribution in [2.45, 2.75) is 39.8 Å². The fourth-order valence-electron chi connectivity index (χ4n) is 5.83. The van der Waals surface area contributed by atoms with Gasteiger partial charge in [0.05, 0.1) is 48.4 Å². The third-order valence-corrected chi connectivity index (χ3v) is 9.28. The molecule has 0 aliphatic carbocycles. The van der Waals surface area contributed by atoms with Gasteiger partial charge in [-0.25, -0.2) is 19.7 Å². The quantitative estimate of drug-likeness (QED) is 0.0863. The maximum Gasteiger partial charge on any atom is 0.339 e. The first-order chi connectivity index (χ1) is 24.7. The van der Waals surface area contributed by atoms with Gasteiger partial charge in [0.2, 0.25) is 17.6 Å². The number of hydrogen-bond acceptors (Lipinski definition) is 13. The summed E-state index contributed by atoms with van der Waals surface area (Å²) in [5.41, 5.74) is 8.26. The highest BCUT2D eigenvalue weighted by molar-refractivity contribution is 7.16. The summed E-state index contributed by atoms with van der Waals surface area (Å²) in [4.78, 5) is 53.8. The first kappa shape index (κ1) is 35.4. The SMILES string of the molecule is CCc1nc(C)oc1C(=O)Nc1nc2cc(C(N)=O)cc(OCCCN3CCOCC3)c2n1C/C=C/Cn1c(=N)sc2cc(C(=O)OC)cnc21. The Balaban J connectivity index is 1.31. The molecule has 17 heteroatoms. The molecule has 0 atom stereocenters. The Labute approximate surface area is 296 Å². The number of nitrogens with two attached hydrogens (primary N) is 1. The number of imidazole rings is 1. The number of hydrogen-bond donors (Lipinski definition) is 3. The van der Waals surface area contributed by atoms with Gasteiger partial charge >= 0.3 is 5.97 Å². The average Bonchev–Trinajstić information content (AvgIpc) is 3.79. The number of rotatable bonds is 14. The molecule has 51 heavy (non-hydrogen) atoms. The molecule has 0 spiro atoms. The van der Waals surface area contributed by atoms with E-state index in [0.29, 0.717) is 77.1 Å². The van der Waals surface area contributed by atoms with Gasteiger partial charge in [0.25, 0.3) is 5.91 Å². The average molecular weight is 718 g/mol. The lowest BCUT2D eigenvalue weighted by molar-refractivity contribution is 0.0358. The van der Waals surface area contributed by atoms with Crippen LogP contribution < -0.4 is 20.6 Å². The molecule has 4 aromatic heterocycles. The summed E-state index contributed by atoms with van der Waals surface area (Å²) in [5, 5.41) is 11.4. The number of nitrogens with zero attached hydrogens (tertiary/aromatic N) is 6. The van der Waals surface area contributed by atoms with Crippen LogP contribution in [0.4, 0.5) is 5.95 Å². The third-order valence-electron chi connectivity index (χ3n) is 8.35. The highest BCUT2D eigenvalue weighted by Crippen LogP contribution is 2.32. The number of primary amides is 1. The molecule has 4 N–H and O–H groups in total. The number of oxazole rings is 1. The van der Waals surface area contributed by atoms with Crippen LogP contribution in [0, 0.1) is 12.3 Å². The van der Waals surface area contributed by atoms with E-state index in [9.17, 15) is 14.4 Å². The monoisotopic (exact) mass is 717 g/mol. The topological polar surface area (TPSA) is 206 Å². The number of thiazole rings is 1. The smallest absolute Gasteiger partial charge is 0.339 e. The molecule has 16 nitrogen and oxygen atoms in total. The Morgan fingerprint density at radius 1 is 1.10 bits per heavy atom. The number of morpholine rings is 1. The first-order valence-electron chi connectivity index (χ1n) is 16.5. The van der Waals surface area contributed by atoms with E-state index in [4.69, 9.17) is 34.8 Å². The Morgan fingerprint density at radius 3 is 2.59 bits per heavy atom. The van der Waals surface area contributed by atoms with Crippen molar-refractivity contribution in [3.8, 4) is 5.75 Å². The molecule has 1 fully saturated rings. The Bertz CT molecular complexity index is 2180. The van der Waals surface area contributed by atoms with Crippen LogP contribution in [0.25, 0.3) is 21.4 Å². The summed E-state index contributed by atoms with van der Waals surface area (Å²) in [6.07, 6.45) is 6.40. The van der Waals surface area contributed by atoms with E-state index >= 15 is 0 Å². The fraction of sp³-hybridized carbons (Fsp3) is 0.382. The number of anilines is 1. The fourth-order valence-corrected chi connectivity index (χ4v) is 6.75. The zero-order valence-corrected chi connectivity index (χ0v) is 29.4. The molecule has 1 aliphatic rings. The minimum absolute atomic E-state index is 0.0909. The van der Waals surface area contributed by atoms with E-state index < -0.39 is 17.8 Å². The molecule has 1 saturated heterocycles. The van der Waals surface area contributed by atoms with Crippen molar-refractivity contribution in [3.63, 3.8) is 0 Å². The third kappa shape index (κ3) is 7.84. The summed E-state index contributed by atoms with van der Waals surface area (Å²) in [5.74, 6) is -0.609. The van der Waals surface area contributed by atoms with Gasteiger partial charge in [0, 0.05) is 51.4 Å². The number of amides is 2. The highest BCUT2D eigenvalue weighted by atomic mass is 32.1. The number of allylic oxidation sites excluding steroid dienone is 2. The zero-order valence-electron chi connectivity index (χ0n) is 28.6. The minimum atomic E-state index is -0.640. The van der Waals surface area contributed by atoms with Crippen molar-refractivity contribution in [2.75, 3.05) is 51.9 Å². The molecule has 0 bridgehead atoms. The molecule has 0 saturated carbocycles. The number of carbonyl (C=O) groups is 3. The van der Waals surface area contributed by atoms with Gasteiger partial charge in [-0.05, 0) is 31.0 Å². The Kier molecular flexibility index (Phi) is 10.9. The lowest BCUT2D eigenvalue weighted by Gasteiger charge is -2.26. The van der Waals surface area contributed by atoms with E-state index in [1.54, 1.807) is 34.3 Å². The van der Waals surface area contributed by atoms with Crippen LogP contribution in [-0.2, 0) is 29.0 Å². The maximum absolute atomic E-state index is 13.5. The van der Waals surface area contributed by atoms with E-state index in [1.165, 1.54) is 24.6 Å². The summed E-state index contributed by atoms with van der Waals surface area (Å²) < 4.78 is 26.3. The molecular weight excluding hydrogens is 678 g/mol. The van der Waals surface area contributed by atoms with Crippen molar-refractivity contribution in [3.05, 3.63) is 69.8 Å². The van der Waals surface area contributed by atoms with E-state index in [1.807, 2.05) is 19.1 Å². The number of pyridine rings is 1. The van der Waals surface area contributed by atoms with Crippen LogP contribution in [0.5, 0.6) is 5.75 Å². The van der Waals surface area contributed by atoms with Crippen molar-refractivity contribution in [1.82, 2.24) is 29.0 Å². The molecule has 268 valence electrons. The lowest BCUT2D eigenvalue weighted by atomic mass is 10.1. The van der Waals surface area contributed by atoms with Crippen LogP contribution >= 0.6 is 11.3 Å². The second-order valence-electron chi connectivity index (χ2n) is 11.8. The molecule has 1 aromatic carbocycles. The number of benzene rings is 1. The molecular formula is C34H39N9O7S. The summed E-state index contributed by atoms with van der Waals surface area (Å²) >= 11 is 1.20. The van der Waals surface area contributed by atoms with Gasteiger partial charge in [-0.1, -0.05) is 30.4 Å². The van der Waals surface area contributed by atoms with E-state index in [0.717, 1.165) is 26.1 Å². The van der Waals surface area contributed by atoms with Crippen LogP contribution in [0.3, 0.4) is 0 Å². The van der Waals surface area contributed by atoms with Gasteiger partial charge < -0.3 is 28.9 Å². The maximum atomic E-state index is 13.5. The minimum Gasteiger partial charge on any atom is -0.491 e. The predicted octanol–water partition coefficient (Wildman–Crippen LogP) is 3.28. The number of ether oxygens (including phenoxy) is 3. The normalized spacial score (nSPS) is 13.7. The second-order valence-corrected chi connectivity index (χ2v) is 12.8. The van der Waals surface area contributed by atoms with E-state index in [2.05, 4.69) is 20.2 Å². The molecule has 1 aliphatic heterocycles. The number of nitrogens with one attached hydrogen (secondary N) is 2. The van der Waals surface area contributed by atoms with Crippen molar-refractivity contribution >= 4 is 56.4 Å². The van der Waals surface area contributed by atoms with Gasteiger partial charge in [0.1, 0.15) is 11.3 Å². The molecule has 0 radical (unpaired) electrons. The first-order valence-corrected chi connectivity index (χ1v) is 17.3. The molecule has 5 heterocycles. The standard InChI is InChI=1S/C34H39N9O7S/c1-4-23-28(50-20(2)38-23)31(45)40-34-39-24-16-21(29(35)44)17-25(49-13-7-8-41-11-14-48-15-12-41)27(24)42(34)9-5-6-10-43-30-26(51-33(43)36)18-22(19-37-30)32(46)47-3/h5-6,16-19,36H,4,7-15H2,1-3H3,(H2,35,44)(H,39,40,45)/b6-5+,36-33?. The van der Waals surface area contributed by atoms with Crippen LogP contribution in [0.15, 0.2) is 41.0 Å². The summed E-state index contributed by atoms with van der Waals surface area (Å²) in [6, 6.07) is 4.82. The Hall–Kier alpha value is -5.39. The summed E-state index contributed by atoms with van der Waals surface area (Å²) in [6.45, 7) is 8.42. The Morgan fingerprint density at radius 2 is 1.86 bits per heavy atom. The van der Waals surface area contributed by atoms with Crippen molar-refractivity contribution in [1.29, 1.82) is 5.41 Å². The van der Waals surface area contributed by atoms with Gasteiger partial charge in [-0.3, -0.25) is 29.8 Å². The highest BCUT2D eigenvalue weighted by Gasteiger charge is 2.23. The number of methoxy groups -OCH3 is 1. The van der Waals surface area contributed by atoms with Gasteiger partial charge in [-0.2, -0.15) is 0 Å². The van der Waals surface area contributed by atoms with Crippen LogP contribution in [0.1, 0.15) is 56.2 Å². The number of esters is 1. The van der Waals surface area contributed by atoms with Gasteiger partial charge in [0.15, 0.2) is 16.3 Å². The largest absolute Gasteiger partial charge is 0.491 e. The summed E-state index contributed by atoms with van der Waals surface area (Å²) in [7, 11) is 1.30. The van der Waals surface area contributed by atoms with Crippen molar-refractivity contribution < 1.29 is 33.0 Å². The molecule has 5 aromatic rings. The van der Waals surface area contributed by atoms with Gasteiger partial charge in [-0.15, -0.1) is 0 Å². The molecule has 6 rings (SSSR count). The second kappa shape index (κ2) is 15.7. The van der Waals surface area contributed by atoms with E-state index in [-0.39, 0.29) is 28.6 Å². The number of carbonyl (C=O) groups excluding carboxylic acids is 3. The molecule has 2 amide bonds. The zero-order chi connectivity index (χ0) is 36.1.